The summed E-state index contributed by atoms with van der Waals surface area (Å²) < 4.78 is 5.91. The van der Waals surface area contributed by atoms with E-state index in [0.717, 1.165) is 0 Å². The van der Waals surface area contributed by atoms with Crippen molar-refractivity contribution < 1.29 is 9.21 Å². The number of aromatic amines is 1. The lowest BCUT2D eigenvalue weighted by Gasteiger charge is -2.15. The Balaban J connectivity index is 1.86. The topological polar surface area (TPSA) is 92.1 Å². The molecule has 8 heteroatoms. The molecule has 0 aliphatic heterocycles. The van der Waals surface area contributed by atoms with Crippen LogP contribution >= 0.6 is 11.3 Å². The largest absolute Gasteiger partial charge is 0.436 e. The Hall–Kier alpha value is -2.48. The molecule has 0 bridgehead atoms. The minimum Gasteiger partial charge on any atom is -0.436 e. The molecule has 1 N–H and O–H groups in total. The van der Waals surface area contributed by atoms with E-state index in [4.69, 9.17) is 4.42 Å². The second kappa shape index (κ2) is 5.38. The highest BCUT2D eigenvalue weighted by molar-refractivity contribution is 7.17. The number of carbonyl (C=O) groups is 1. The van der Waals surface area contributed by atoms with Crippen molar-refractivity contribution in [3.63, 3.8) is 0 Å². The molecule has 0 spiro atoms. The zero-order chi connectivity index (χ0) is 15.9. The first kappa shape index (κ1) is 14.5. The van der Waals surface area contributed by atoms with Crippen LogP contribution in [-0.2, 0) is 6.54 Å². The Morgan fingerprint density at radius 2 is 2.18 bits per heavy atom. The Labute approximate surface area is 129 Å². The van der Waals surface area contributed by atoms with Gasteiger partial charge in [0.05, 0.1) is 17.8 Å². The first-order chi connectivity index (χ1) is 10.5. The maximum Gasteiger partial charge on any atom is 0.291 e. The summed E-state index contributed by atoms with van der Waals surface area (Å²) in [6.45, 7) is 3.58. The monoisotopic (exact) mass is 318 g/mol. The number of nitrogens with one attached hydrogen (secondary N) is 1. The van der Waals surface area contributed by atoms with Crippen molar-refractivity contribution in [2.45, 2.75) is 20.4 Å². The van der Waals surface area contributed by atoms with Crippen molar-refractivity contribution in [1.29, 1.82) is 0 Å². The molecule has 3 aromatic heterocycles. The normalized spacial score (nSPS) is 11.0. The van der Waals surface area contributed by atoms with Crippen molar-refractivity contribution in [2.75, 3.05) is 7.05 Å². The molecule has 0 aliphatic carbocycles. The van der Waals surface area contributed by atoms with Gasteiger partial charge >= 0.3 is 0 Å². The third kappa shape index (κ3) is 2.52. The van der Waals surface area contributed by atoms with Crippen LogP contribution in [-0.4, -0.2) is 32.8 Å². The number of oxazole rings is 1. The van der Waals surface area contributed by atoms with Crippen molar-refractivity contribution >= 4 is 27.5 Å². The number of carbonyl (C=O) groups excluding carboxylic acids is 1. The number of fused-ring (bicyclic) bond motifs is 1. The summed E-state index contributed by atoms with van der Waals surface area (Å²) >= 11 is 1.34. The molecule has 7 nitrogen and oxygen atoms in total. The summed E-state index contributed by atoms with van der Waals surface area (Å²) in [5.74, 6) is 0.784. The minimum absolute atomic E-state index is 0.180. The van der Waals surface area contributed by atoms with Crippen molar-refractivity contribution in [2.24, 2.45) is 0 Å². The SMILES string of the molecule is Cc1nc(C)c(C(=O)N(C)Cc2nc3ccsc3c(=O)[nH]2)o1. The molecule has 0 aromatic carbocycles. The van der Waals surface area contributed by atoms with Gasteiger partial charge in [0.15, 0.2) is 5.89 Å². The van der Waals surface area contributed by atoms with Gasteiger partial charge in [0.1, 0.15) is 10.5 Å². The highest BCUT2D eigenvalue weighted by Gasteiger charge is 2.21. The molecule has 0 fully saturated rings. The number of H-pyrrole nitrogens is 1. The number of hydrogen-bond donors (Lipinski definition) is 1. The Morgan fingerprint density at radius 1 is 1.41 bits per heavy atom. The number of thiophene rings is 1. The molecule has 0 unspecified atom stereocenters. The second-order valence-corrected chi connectivity index (χ2v) is 5.87. The van der Waals surface area contributed by atoms with Crippen LogP contribution in [0.2, 0.25) is 0 Å². The fourth-order valence-corrected chi connectivity index (χ4v) is 2.92. The lowest BCUT2D eigenvalue weighted by atomic mass is 10.3. The van der Waals surface area contributed by atoms with Crippen LogP contribution in [0.15, 0.2) is 20.7 Å². The van der Waals surface area contributed by atoms with E-state index in [1.807, 2.05) is 5.38 Å². The smallest absolute Gasteiger partial charge is 0.291 e. The Kier molecular flexibility index (Phi) is 3.53. The number of hydrogen-bond acceptors (Lipinski definition) is 6. The van der Waals surface area contributed by atoms with Gasteiger partial charge in [-0.05, 0) is 18.4 Å². The van der Waals surface area contributed by atoms with Gasteiger partial charge in [-0.1, -0.05) is 0 Å². The lowest BCUT2D eigenvalue weighted by molar-refractivity contribution is 0.0747. The van der Waals surface area contributed by atoms with E-state index in [0.29, 0.717) is 27.6 Å². The van der Waals surface area contributed by atoms with Crippen LogP contribution in [0.4, 0.5) is 0 Å². The Morgan fingerprint density at radius 3 is 2.86 bits per heavy atom. The third-order valence-electron chi connectivity index (χ3n) is 3.20. The van der Waals surface area contributed by atoms with Gasteiger partial charge < -0.3 is 14.3 Å². The number of rotatable bonds is 3. The molecule has 0 atom stereocenters. The van der Waals surface area contributed by atoms with Crippen LogP contribution < -0.4 is 5.56 Å². The summed E-state index contributed by atoms with van der Waals surface area (Å²) in [5, 5.41) is 1.81. The predicted octanol–water partition coefficient (Wildman–Crippen LogP) is 1.86. The quantitative estimate of drug-likeness (QED) is 0.796. The predicted molar refractivity (Wildman–Crippen MR) is 82.0 cm³/mol. The van der Waals surface area contributed by atoms with Crippen LogP contribution in [0, 0.1) is 13.8 Å². The number of amides is 1. The summed E-state index contributed by atoms with van der Waals surface area (Å²) in [6, 6.07) is 1.78. The van der Waals surface area contributed by atoms with Gasteiger partial charge in [0, 0.05) is 14.0 Å². The molecular formula is C14H14N4O3S. The van der Waals surface area contributed by atoms with Gasteiger partial charge in [-0.2, -0.15) is 0 Å². The molecule has 0 radical (unpaired) electrons. The molecule has 0 saturated carbocycles. The summed E-state index contributed by atoms with van der Waals surface area (Å²) in [7, 11) is 1.62. The summed E-state index contributed by atoms with van der Waals surface area (Å²) in [4.78, 5) is 36.8. The average molecular weight is 318 g/mol. The third-order valence-corrected chi connectivity index (χ3v) is 4.10. The highest BCUT2D eigenvalue weighted by atomic mass is 32.1. The molecule has 114 valence electrons. The minimum atomic E-state index is -0.300. The van der Waals surface area contributed by atoms with Crippen molar-refractivity contribution in [3.05, 3.63) is 45.0 Å². The number of nitrogens with zero attached hydrogens (tertiary/aromatic N) is 3. The highest BCUT2D eigenvalue weighted by Crippen LogP contribution is 2.15. The fourth-order valence-electron chi connectivity index (χ4n) is 2.20. The van der Waals surface area contributed by atoms with Gasteiger partial charge in [-0.3, -0.25) is 9.59 Å². The molecule has 3 rings (SSSR count). The van der Waals surface area contributed by atoms with Crippen LogP contribution in [0.5, 0.6) is 0 Å². The zero-order valence-electron chi connectivity index (χ0n) is 12.3. The molecule has 3 aromatic rings. The van der Waals surface area contributed by atoms with Gasteiger partial charge in [0.25, 0.3) is 11.5 Å². The lowest BCUT2D eigenvalue weighted by Crippen LogP contribution is -2.28. The number of aromatic nitrogens is 3. The zero-order valence-corrected chi connectivity index (χ0v) is 13.2. The number of aryl methyl sites for hydroxylation is 2. The average Bonchev–Trinajstić information content (AvgIpc) is 3.04. The summed E-state index contributed by atoms with van der Waals surface area (Å²) in [5.41, 5.74) is 0.989. The maximum absolute atomic E-state index is 12.4. The van der Waals surface area contributed by atoms with Gasteiger partial charge in [-0.25, -0.2) is 9.97 Å². The van der Waals surface area contributed by atoms with E-state index in [1.54, 1.807) is 27.0 Å². The van der Waals surface area contributed by atoms with E-state index in [2.05, 4.69) is 15.0 Å². The van der Waals surface area contributed by atoms with Gasteiger partial charge in [0.2, 0.25) is 5.76 Å². The standard InChI is InChI=1S/C14H14N4O3S/c1-7-11(21-8(2)15-7)14(20)18(3)6-10-16-9-4-5-22-12(9)13(19)17-10/h4-5H,6H2,1-3H3,(H,16,17,19). The molecule has 1 amide bonds. The van der Waals surface area contributed by atoms with E-state index in [1.165, 1.54) is 16.2 Å². The molecule has 0 saturated heterocycles. The van der Waals surface area contributed by atoms with Gasteiger partial charge in [-0.15, -0.1) is 11.3 Å². The molecule has 3 heterocycles. The maximum atomic E-state index is 12.4. The van der Waals surface area contributed by atoms with Crippen LogP contribution in [0.3, 0.4) is 0 Å². The summed E-state index contributed by atoms with van der Waals surface area (Å²) in [6.07, 6.45) is 0. The van der Waals surface area contributed by atoms with E-state index < -0.39 is 0 Å². The Bertz CT molecular complexity index is 908. The fraction of sp³-hybridized carbons (Fsp3) is 0.286. The van der Waals surface area contributed by atoms with E-state index in [9.17, 15) is 9.59 Å². The molecule has 22 heavy (non-hydrogen) atoms. The first-order valence-electron chi connectivity index (χ1n) is 6.61. The first-order valence-corrected chi connectivity index (χ1v) is 7.49. The van der Waals surface area contributed by atoms with Crippen LogP contribution in [0.25, 0.3) is 10.2 Å². The van der Waals surface area contributed by atoms with E-state index >= 15 is 0 Å². The van der Waals surface area contributed by atoms with E-state index in [-0.39, 0.29) is 23.8 Å². The molecular weight excluding hydrogens is 304 g/mol. The molecule has 0 aliphatic rings. The van der Waals surface area contributed by atoms with Crippen LogP contribution in [0.1, 0.15) is 28.0 Å². The van der Waals surface area contributed by atoms with Crippen molar-refractivity contribution in [1.82, 2.24) is 19.9 Å². The second-order valence-electron chi connectivity index (χ2n) is 4.96. The van der Waals surface area contributed by atoms with Crippen molar-refractivity contribution in [3.8, 4) is 0 Å².